The summed E-state index contributed by atoms with van der Waals surface area (Å²) in [6, 6.07) is 9.81. The third kappa shape index (κ3) is 4.50. The van der Waals surface area contributed by atoms with Crippen molar-refractivity contribution in [1.29, 1.82) is 0 Å². The van der Waals surface area contributed by atoms with Gasteiger partial charge in [0, 0.05) is 17.7 Å². The monoisotopic (exact) mass is 393 g/mol. The number of benzene rings is 2. The van der Waals surface area contributed by atoms with Crippen molar-refractivity contribution in [3.05, 3.63) is 58.1 Å². The van der Waals surface area contributed by atoms with E-state index in [1.165, 1.54) is 0 Å². The second kappa shape index (κ2) is 8.29. The quantitative estimate of drug-likeness (QED) is 0.458. The predicted molar refractivity (Wildman–Crippen MR) is 91.8 cm³/mol. The molecule has 0 unspecified atom stereocenters. The number of nitro benzene ring substituents is 1. The number of amides is 1. The van der Waals surface area contributed by atoms with E-state index in [1.54, 1.807) is 24.3 Å². The van der Waals surface area contributed by atoms with E-state index in [1.807, 2.05) is 0 Å². The summed E-state index contributed by atoms with van der Waals surface area (Å²) >= 11 is 0. The minimum atomic E-state index is -3.13. The van der Waals surface area contributed by atoms with Gasteiger partial charge in [-0.2, -0.15) is 13.9 Å². The van der Waals surface area contributed by atoms with Gasteiger partial charge in [0.25, 0.3) is 11.6 Å². The van der Waals surface area contributed by atoms with Crippen LogP contribution in [0, 0.1) is 10.1 Å². The highest BCUT2D eigenvalue weighted by Crippen LogP contribution is 2.30. The van der Waals surface area contributed by atoms with Gasteiger partial charge in [0.2, 0.25) is 6.10 Å². The van der Waals surface area contributed by atoms with Gasteiger partial charge in [-0.15, -0.1) is 0 Å². The molecule has 2 aromatic carbocycles. The fourth-order valence-corrected chi connectivity index (χ4v) is 2.34. The van der Waals surface area contributed by atoms with E-state index in [-0.39, 0.29) is 23.6 Å². The Bertz CT molecular complexity index is 922. The SMILES string of the molecule is O=C(N/N=C\c1cc([N+](=O)[O-])ccc1OC(F)F)[C@H]1COc2ccccc2O1. The third-order valence-corrected chi connectivity index (χ3v) is 3.60. The van der Waals surface area contributed by atoms with Crippen LogP contribution in [0.3, 0.4) is 0 Å². The highest BCUT2D eigenvalue weighted by atomic mass is 19.3. The summed E-state index contributed by atoms with van der Waals surface area (Å²) in [4.78, 5) is 22.3. The molecule has 0 fully saturated rings. The van der Waals surface area contributed by atoms with E-state index in [2.05, 4.69) is 15.3 Å². The Morgan fingerprint density at radius 3 is 2.79 bits per heavy atom. The first kappa shape index (κ1) is 19.0. The molecule has 0 spiro atoms. The van der Waals surface area contributed by atoms with Gasteiger partial charge in [-0.25, -0.2) is 5.43 Å². The number of non-ortho nitro benzene ring substituents is 1. The van der Waals surface area contributed by atoms with E-state index in [0.717, 1.165) is 24.4 Å². The number of hydrogen-bond donors (Lipinski definition) is 1. The molecule has 11 heteroatoms. The van der Waals surface area contributed by atoms with Crippen LogP contribution in [0.1, 0.15) is 5.56 Å². The Kier molecular flexibility index (Phi) is 5.63. The summed E-state index contributed by atoms with van der Waals surface area (Å²) in [5, 5.41) is 14.5. The van der Waals surface area contributed by atoms with E-state index in [0.29, 0.717) is 11.5 Å². The van der Waals surface area contributed by atoms with E-state index < -0.39 is 23.5 Å². The molecule has 0 aromatic heterocycles. The number of para-hydroxylation sites is 2. The van der Waals surface area contributed by atoms with Gasteiger partial charge in [-0.1, -0.05) is 12.1 Å². The largest absolute Gasteiger partial charge is 0.485 e. The van der Waals surface area contributed by atoms with Crippen LogP contribution in [0.4, 0.5) is 14.5 Å². The Labute approximate surface area is 156 Å². The second-order valence-electron chi connectivity index (χ2n) is 5.46. The number of halogens is 2. The molecule has 0 saturated carbocycles. The lowest BCUT2D eigenvalue weighted by molar-refractivity contribution is -0.384. The van der Waals surface area contributed by atoms with Gasteiger partial charge >= 0.3 is 6.61 Å². The summed E-state index contributed by atoms with van der Waals surface area (Å²) in [5.41, 5.74) is 1.71. The Morgan fingerprint density at radius 1 is 1.32 bits per heavy atom. The zero-order valence-electron chi connectivity index (χ0n) is 14.1. The third-order valence-electron chi connectivity index (χ3n) is 3.60. The first-order chi connectivity index (χ1) is 13.4. The molecular weight excluding hydrogens is 380 g/mol. The molecule has 1 amide bonds. The van der Waals surface area contributed by atoms with Crippen LogP contribution in [0.15, 0.2) is 47.6 Å². The van der Waals surface area contributed by atoms with Gasteiger partial charge in [0.1, 0.15) is 12.4 Å². The number of rotatable bonds is 6. The van der Waals surface area contributed by atoms with Crippen LogP contribution in [-0.2, 0) is 4.79 Å². The van der Waals surface area contributed by atoms with Gasteiger partial charge < -0.3 is 14.2 Å². The minimum Gasteiger partial charge on any atom is -0.485 e. The van der Waals surface area contributed by atoms with Crippen LogP contribution in [0.2, 0.25) is 0 Å². The fraction of sp³-hybridized carbons (Fsp3) is 0.176. The number of nitrogens with one attached hydrogen (secondary N) is 1. The van der Waals surface area contributed by atoms with E-state index >= 15 is 0 Å². The molecule has 1 N–H and O–H groups in total. The highest BCUT2D eigenvalue weighted by molar-refractivity contribution is 5.87. The molecule has 0 radical (unpaired) electrons. The first-order valence-electron chi connectivity index (χ1n) is 7.88. The lowest BCUT2D eigenvalue weighted by Gasteiger charge is -2.24. The highest BCUT2D eigenvalue weighted by Gasteiger charge is 2.27. The Balaban J connectivity index is 1.69. The lowest BCUT2D eigenvalue weighted by atomic mass is 10.2. The molecule has 2 aromatic rings. The van der Waals surface area contributed by atoms with Crippen LogP contribution >= 0.6 is 0 Å². The Hall–Kier alpha value is -3.76. The van der Waals surface area contributed by atoms with Gasteiger partial charge in [0.15, 0.2) is 11.5 Å². The minimum absolute atomic E-state index is 0.0467. The molecule has 1 heterocycles. The van der Waals surface area contributed by atoms with Gasteiger partial charge in [-0.3, -0.25) is 14.9 Å². The predicted octanol–water partition coefficient (Wildman–Crippen LogP) is 2.49. The summed E-state index contributed by atoms with van der Waals surface area (Å²) in [7, 11) is 0. The van der Waals surface area contributed by atoms with Crippen molar-refractivity contribution in [2.45, 2.75) is 12.7 Å². The molecule has 146 valence electrons. The number of hydrogen-bond acceptors (Lipinski definition) is 7. The maximum absolute atomic E-state index is 12.5. The van der Waals surface area contributed by atoms with Gasteiger partial charge in [0.05, 0.1) is 11.1 Å². The zero-order chi connectivity index (χ0) is 20.1. The number of carbonyl (C=O) groups is 1. The number of fused-ring (bicyclic) bond motifs is 1. The number of ether oxygens (including phenoxy) is 3. The average Bonchev–Trinajstić information content (AvgIpc) is 2.68. The molecule has 1 aliphatic heterocycles. The number of alkyl halides is 2. The summed E-state index contributed by atoms with van der Waals surface area (Å²) in [5.74, 6) is -0.0816. The molecule has 1 atom stereocenters. The van der Waals surface area contributed by atoms with Crippen LogP contribution < -0.4 is 19.6 Å². The molecule has 0 saturated heterocycles. The molecule has 0 aliphatic carbocycles. The number of hydrazone groups is 1. The number of nitro groups is 1. The van der Waals surface area contributed by atoms with Crippen LogP contribution in [-0.4, -0.2) is 36.4 Å². The van der Waals surface area contributed by atoms with E-state index in [9.17, 15) is 23.7 Å². The average molecular weight is 393 g/mol. The first-order valence-corrected chi connectivity index (χ1v) is 7.88. The van der Waals surface area contributed by atoms with Crippen molar-refractivity contribution in [2.75, 3.05) is 6.61 Å². The summed E-state index contributed by atoms with van der Waals surface area (Å²) < 4.78 is 40.1. The van der Waals surface area contributed by atoms with Crippen molar-refractivity contribution < 1.29 is 32.7 Å². The number of carbonyl (C=O) groups excluding carboxylic acids is 1. The summed E-state index contributed by atoms with van der Waals surface area (Å²) in [6.07, 6.45) is -0.0193. The normalized spacial score (nSPS) is 15.5. The smallest absolute Gasteiger partial charge is 0.387 e. The van der Waals surface area contributed by atoms with Crippen molar-refractivity contribution >= 4 is 17.8 Å². The maximum Gasteiger partial charge on any atom is 0.387 e. The van der Waals surface area contributed by atoms with E-state index in [4.69, 9.17) is 9.47 Å². The van der Waals surface area contributed by atoms with Crippen molar-refractivity contribution in [1.82, 2.24) is 5.43 Å². The molecular formula is C17H13F2N3O6. The molecule has 3 rings (SSSR count). The van der Waals surface area contributed by atoms with Crippen LogP contribution in [0.5, 0.6) is 17.2 Å². The fourth-order valence-electron chi connectivity index (χ4n) is 2.34. The second-order valence-corrected chi connectivity index (χ2v) is 5.46. The standard InChI is InChI=1S/C17H13F2N3O6/c18-17(19)28-12-6-5-11(22(24)25)7-10(12)8-20-21-16(23)15-9-26-13-3-1-2-4-14(13)27-15/h1-8,15,17H,9H2,(H,21,23)/b20-8-/t15-/m1/s1. The maximum atomic E-state index is 12.5. The van der Waals surface area contributed by atoms with Crippen molar-refractivity contribution in [2.24, 2.45) is 5.10 Å². The van der Waals surface area contributed by atoms with Crippen molar-refractivity contribution in [3.8, 4) is 17.2 Å². The topological polar surface area (TPSA) is 112 Å². The Morgan fingerprint density at radius 2 is 2.07 bits per heavy atom. The van der Waals surface area contributed by atoms with Crippen molar-refractivity contribution in [3.63, 3.8) is 0 Å². The number of nitrogens with zero attached hydrogens (tertiary/aromatic N) is 2. The molecule has 9 nitrogen and oxygen atoms in total. The zero-order valence-corrected chi connectivity index (χ0v) is 14.1. The van der Waals surface area contributed by atoms with Gasteiger partial charge in [-0.05, 0) is 18.2 Å². The van der Waals surface area contributed by atoms with Crippen LogP contribution in [0.25, 0.3) is 0 Å². The molecule has 1 aliphatic rings. The molecule has 0 bridgehead atoms. The lowest BCUT2D eigenvalue weighted by Crippen LogP contribution is -2.42. The molecule has 28 heavy (non-hydrogen) atoms. The summed E-state index contributed by atoms with van der Waals surface area (Å²) in [6.45, 7) is -3.18.